The second-order valence-electron chi connectivity index (χ2n) is 4.53. The molecule has 0 N–H and O–H groups in total. The number of hydrogen-bond donors (Lipinski definition) is 0. The van der Waals surface area contributed by atoms with Gasteiger partial charge in [-0.3, -0.25) is 4.99 Å². The van der Waals surface area contributed by atoms with Crippen LogP contribution < -0.4 is 0 Å². The quantitative estimate of drug-likeness (QED) is 0.533. The minimum atomic E-state index is 0.580. The van der Waals surface area contributed by atoms with Crippen LogP contribution in [0.15, 0.2) is 4.99 Å². The lowest BCUT2D eigenvalue weighted by Gasteiger charge is -2.37. The molecule has 2 heterocycles. The molecule has 2 aliphatic heterocycles. The molecule has 0 radical (unpaired) electrons. The van der Waals surface area contributed by atoms with Gasteiger partial charge in [-0.15, -0.1) is 0 Å². The van der Waals surface area contributed by atoms with Crippen LogP contribution in [0.3, 0.4) is 0 Å². The van der Waals surface area contributed by atoms with Crippen molar-refractivity contribution >= 4 is 5.71 Å². The maximum atomic E-state index is 4.54. The van der Waals surface area contributed by atoms with Gasteiger partial charge >= 0.3 is 0 Å². The second-order valence-corrected chi connectivity index (χ2v) is 4.53. The summed E-state index contributed by atoms with van der Waals surface area (Å²) in [4.78, 5) is 6.97. The first kappa shape index (κ1) is 8.24. The van der Waals surface area contributed by atoms with Crippen LogP contribution in [0.1, 0.15) is 26.2 Å². The van der Waals surface area contributed by atoms with Crippen molar-refractivity contribution in [3.63, 3.8) is 0 Å². The fourth-order valence-corrected chi connectivity index (χ4v) is 2.38. The van der Waals surface area contributed by atoms with Gasteiger partial charge < -0.3 is 4.90 Å². The van der Waals surface area contributed by atoms with Gasteiger partial charge in [0, 0.05) is 12.3 Å². The molecule has 0 bridgehead atoms. The molecule has 12 heavy (non-hydrogen) atoms. The zero-order chi connectivity index (χ0) is 8.60. The molecule has 1 fully saturated rings. The van der Waals surface area contributed by atoms with Gasteiger partial charge in [0.2, 0.25) is 0 Å². The lowest BCUT2D eigenvalue weighted by molar-refractivity contribution is 0.143. The van der Waals surface area contributed by atoms with Crippen molar-refractivity contribution in [2.75, 3.05) is 26.7 Å². The molecule has 0 aromatic carbocycles. The molecule has 68 valence electrons. The highest BCUT2D eigenvalue weighted by atomic mass is 15.1. The van der Waals surface area contributed by atoms with E-state index in [-0.39, 0.29) is 0 Å². The van der Waals surface area contributed by atoms with Crippen LogP contribution in [0.5, 0.6) is 0 Å². The van der Waals surface area contributed by atoms with Crippen molar-refractivity contribution in [2.24, 2.45) is 10.4 Å². The fraction of sp³-hybridized carbons (Fsp3) is 0.900. The molecule has 2 nitrogen and oxygen atoms in total. The van der Waals surface area contributed by atoms with Crippen LogP contribution in [0, 0.1) is 5.41 Å². The average molecular weight is 166 g/mol. The van der Waals surface area contributed by atoms with Crippen LogP contribution >= 0.6 is 0 Å². The molecule has 2 heteroatoms. The van der Waals surface area contributed by atoms with E-state index in [1.165, 1.54) is 38.1 Å². The molecule has 2 rings (SSSR count). The summed E-state index contributed by atoms with van der Waals surface area (Å²) >= 11 is 0. The first-order valence-electron chi connectivity index (χ1n) is 4.89. The summed E-state index contributed by atoms with van der Waals surface area (Å²) < 4.78 is 0. The van der Waals surface area contributed by atoms with Crippen molar-refractivity contribution in [2.45, 2.75) is 26.2 Å². The molecule has 0 unspecified atom stereocenters. The minimum absolute atomic E-state index is 0.580. The number of hydrogen-bond acceptors (Lipinski definition) is 2. The van der Waals surface area contributed by atoms with Gasteiger partial charge in [0.25, 0.3) is 0 Å². The Morgan fingerprint density at radius 3 is 2.50 bits per heavy atom. The van der Waals surface area contributed by atoms with Gasteiger partial charge in [-0.05, 0) is 51.7 Å². The van der Waals surface area contributed by atoms with Crippen LogP contribution in [-0.4, -0.2) is 37.3 Å². The summed E-state index contributed by atoms with van der Waals surface area (Å²) in [5.74, 6) is 0. The zero-order valence-corrected chi connectivity index (χ0v) is 8.14. The highest BCUT2D eigenvalue weighted by Gasteiger charge is 2.36. The molecule has 1 spiro atoms. The third kappa shape index (κ3) is 1.40. The summed E-state index contributed by atoms with van der Waals surface area (Å²) in [7, 11) is 2.22. The maximum absolute atomic E-state index is 4.54. The molecule has 0 amide bonds. The van der Waals surface area contributed by atoms with Crippen LogP contribution in [0.2, 0.25) is 0 Å². The topological polar surface area (TPSA) is 15.6 Å². The Kier molecular flexibility index (Phi) is 1.95. The van der Waals surface area contributed by atoms with E-state index in [4.69, 9.17) is 0 Å². The Morgan fingerprint density at radius 1 is 1.33 bits per heavy atom. The van der Waals surface area contributed by atoms with Gasteiger partial charge in [-0.1, -0.05) is 0 Å². The Hall–Kier alpha value is -0.370. The summed E-state index contributed by atoms with van der Waals surface area (Å²) in [6.07, 6.45) is 3.97. The largest absolute Gasteiger partial charge is 0.306 e. The molecule has 1 saturated heterocycles. The lowest BCUT2D eigenvalue weighted by atomic mass is 9.76. The molecule has 0 aromatic rings. The molecule has 2 aliphatic rings. The fourth-order valence-electron chi connectivity index (χ4n) is 2.38. The van der Waals surface area contributed by atoms with Gasteiger partial charge in [0.05, 0.1) is 0 Å². The average Bonchev–Trinajstić information content (AvgIpc) is 2.40. The normalized spacial score (nSPS) is 29.3. The zero-order valence-electron chi connectivity index (χ0n) is 8.14. The van der Waals surface area contributed by atoms with E-state index in [0.29, 0.717) is 5.41 Å². The highest BCUT2D eigenvalue weighted by Crippen LogP contribution is 2.38. The van der Waals surface area contributed by atoms with E-state index in [1.54, 1.807) is 0 Å². The highest BCUT2D eigenvalue weighted by molar-refractivity contribution is 5.84. The standard InChI is InChI=1S/C10H18N2/c1-9-7-10(8-11-9)3-5-12(2)6-4-10/h3-8H2,1-2H3. The SMILES string of the molecule is CC1=NCC2(CCN(C)CC2)C1. The molecule has 0 atom stereocenters. The Labute approximate surface area is 74.7 Å². The predicted molar refractivity (Wildman–Crippen MR) is 51.8 cm³/mol. The van der Waals surface area contributed by atoms with Crippen molar-refractivity contribution < 1.29 is 0 Å². The van der Waals surface area contributed by atoms with E-state index < -0.39 is 0 Å². The lowest BCUT2D eigenvalue weighted by Crippen LogP contribution is -2.38. The van der Waals surface area contributed by atoms with Crippen molar-refractivity contribution in [3.05, 3.63) is 0 Å². The van der Waals surface area contributed by atoms with E-state index in [2.05, 4.69) is 23.9 Å². The van der Waals surface area contributed by atoms with Gasteiger partial charge in [0.15, 0.2) is 0 Å². The van der Waals surface area contributed by atoms with Crippen LogP contribution in [0.4, 0.5) is 0 Å². The van der Waals surface area contributed by atoms with E-state index in [9.17, 15) is 0 Å². The summed E-state index contributed by atoms with van der Waals surface area (Å²) in [5, 5.41) is 0. The van der Waals surface area contributed by atoms with Gasteiger partial charge in [-0.2, -0.15) is 0 Å². The van der Waals surface area contributed by atoms with Crippen molar-refractivity contribution in [1.82, 2.24) is 4.90 Å². The monoisotopic (exact) mass is 166 g/mol. The summed E-state index contributed by atoms with van der Waals surface area (Å²) in [6.45, 7) is 5.81. The third-order valence-electron chi connectivity index (χ3n) is 3.36. The van der Waals surface area contributed by atoms with Gasteiger partial charge in [0.1, 0.15) is 0 Å². The Bertz CT molecular complexity index is 200. The first-order valence-corrected chi connectivity index (χ1v) is 4.89. The maximum Gasteiger partial charge on any atom is 0.0449 e. The molecular weight excluding hydrogens is 148 g/mol. The molecular formula is C10H18N2. The van der Waals surface area contributed by atoms with E-state index >= 15 is 0 Å². The Morgan fingerprint density at radius 2 is 2.00 bits per heavy atom. The first-order chi connectivity index (χ1) is 5.70. The number of nitrogens with zero attached hydrogens (tertiary/aromatic N) is 2. The van der Waals surface area contributed by atoms with E-state index in [1.807, 2.05) is 0 Å². The summed E-state index contributed by atoms with van der Waals surface area (Å²) in [5.41, 5.74) is 1.95. The number of aliphatic imine (C=N–C) groups is 1. The van der Waals surface area contributed by atoms with Crippen molar-refractivity contribution in [1.29, 1.82) is 0 Å². The second kappa shape index (κ2) is 2.84. The molecule has 0 aliphatic carbocycles. The predicted octanol–water partition coefficient (Wildman–Crippen LogP) is 1.56. The van der Waals surface area contributed by atoms with Crippen molar-refractivity contribution in [3.8, 4) is 0 Å². The van der Waals surface area contributed by atoms with Crippen LogP contribution in [-0.2, 0) is 0 Å². The van der Waals surface area contributed by atoms with Crippen LogP contribution in [0.25, 0.3) is 0 Å². The number of likely N-dealkylation sites (tertiary alicyclic amines) is 1. The Balaban J connectivity index is 1.97. The molecule has 0 aromatic heterocycles. The summed E-state index contributed by atoms with van der Waals surface area (Å²) in [6, 6.07) is 0. The van der Waals surface area contributed by atoms with Gasteiger partial charge in [-0.25, -0.2) is 0 Å². The number of rotatable bonds is 0. The van der Waals surface area contributed by atoms with E-state index in [0.717, 1.165) is 6.54 Å². The molecule has 0 saturated carbocycles. The number of piperidine rings is 1. The smallest absolute Gasteiger partial charge is 0.0449 e. The third-order valence-corrected chi connectivity index (χ3v) is 3.36. The minimum Gasteiger partial charge on any atom is -0.306 e.